The minimum absolute atomic E-state index is 0.00791. The van der Waals surface area contributed by atoms with Gasteiger partial charge in [-0.2, -0.15) is 0 Å². The second-order valence-electron chi connectivity index (χ2n) is 12.7. The number of carboxylic acids is 2. The zero-order valence-electron chi connectivity index (χ0n) is 27.3. The molecule has 2 aliphatic rings. The van der Waals surface area contributed by atoms with E-state index in [0.29, 0.717) is 11.6 Å². The van der Waals surface area contributed by atoms with Crippen LogP contribution in [0.3, 0.4) is 0 Å². The molecule has 1 saturated carbocycles. The van der Waals surface area contributed by atoms with Gasteiger partial charge in [-0.05, 0) is 79.8 Å². The summed E-state index contributed by atoms with van der Waals surface area (Å²) in [5.41, 5.74) is 2.44. The van der Waals surface area contributed by atoms with Crippen molar-refractivity contribution in [3.63, 3.8) is 0 Å². The van der Waals surface area contributed by atoms with Crippen LogP contribution in [0.25, 0.3) is 0 Å². The van der Waals surface area contributed by atoms with Crippen molar-refractivity contribution in [3.05, 3.63) is 77.9 Å². The number of piperidine rings is 1. The average molecular weight is 647 g/mol. The van der Waals surface area contributed by atoms with Gasteiger partial charge in [-0.1, -0.05) is 43.5 Å². The van der Waals surface area contributed by atoms with E-state index in [1.807, 2.05) is 43.3 Å². The number of likely N-dealkylation sites (tertiary alicyclic amines) is 1. The number of aliphatic carboxylic acids is 2. The number of para-hydroxylation sites is 1. The van der Waals surface area contributed by atoms with Crippen molar-refractivity contribution in [2.45, 2.75) is 84.1 Å². The highest BCUT2D eigenvalue weighted by molar-refractivity contribution is 6.04. The third kappa shape index (κ3) is 10.5. The van der Waals surface area contributed by atoms with Crippen LogP contribution in [0.5, 0.6) is 0 Å². The number of amides is 2. The third-order valence-electron chi connectivity index (χ3n) is 8.98. The molecule has 1 aliphatic carbocycles. The molecule has 1 saturated heterocycles. The van der Waals surface area contributed by atoms with Crippen molar-refractivity contribution in [3.8, 4) is 0 Å². The number of nitrogens with one attached hydrogen (secondary N) is 1. The summed E-state index contributed by atoms with van der Waals surface area (Å²) in [5, 5.41) is 20.0. The highest BCUT2D eigenvalue weighted by Gasteiger charge is 2.37. The van der Waals surface area contributed by atoms with Crippen LogP contribution in [0, 0.1) is 12.3 Å². The summed E-state index contributed by atoms with van der Waals surface area (Å²) in [6.07, 6.45) is 10.6. The number of hydrogen-bond acceptors (Lipinski definition) is 7. The number of rotatable bonds is 11. The highest BCUT2D eigenvalue weighted by atomic mass is 16.4. The number of anilines is 2. The summed E-state index contributed by atoms with van der Waals surface area (Å²) in [7, 11) is 0. The molecule has 0 radical (unpaired) electrons. The van der Waals surface area contributed by atoms with Crippen molar-refractivity contribution in [2.24, 2.45) is 5.41 Å². The fraction of sp³-hybridized carbons (Fsp3) is 0.472. The molecule has 0 unspecified atom stereocenters. The predicted octanol–water partition coefficient (Wildman–Crippen LogP) is 6.18. The summed E-state index contributed by atoms with van der Waals surface area (Å²) in [6.45, 7) is 5.57. The molecule has 252 valence electrons. The molecule has 2 aromatic heterocycles. The Labute approximate surface area is 276 Å². The van der Waals surface area contributed by atoms with E-state index in [1.54, 1.807) is 23.2 Å². The normalized spacial score (nSPS) is 16.4. The number of carboxylic acid groups (broad SMARTS) is 2. The molecule has 47 heavy (non-hydrogen) atoms. The van der Waals surface area contributed by atoms with Crippen LogP contribution >= 0.6 is 0 Å². The van der Waals surface area contributed by atoms with Gasteiger partial charge < -0.3 is 24.8 Å². The average Bonchev–Trinajstić information content (AvgIpc) is 3.57. The maximum Gasteiger partial charge on any atom is 0.303 e. The predicted molar refractivity (Wildman–Crippen MR) is 178 cm³/mol. The van der Waals surface area contributed by atoms with Crippen molar-refractivity contribution in [1.82, 2.24) is 9.88 Å². The third-order valence-corrected chi connectivity index (χ3v) is 8.98. The lowest BCUT2D eigenvalue weighted by Crippen LogP contribution is -2.48. The van der Waals surface area contributed by atoms with E-state index in [1.165, 1.54) is 6.26 Å². The monoisotopic (exact) mass is 646 g/mol. The first-order chi connectivity index (χ1) is 22.5. The smallest absolute Gasteiger partial charge is 0.303 e. The van der Waals surface area contributed by atoms with Crippen LogP contribution in [0.2, 0.25) is 0 Å². The molecule has 3 N–H and O–H groups in total. The lowest BCUT2D eigenvalue weighted by molar-refractivity contribution is -0.141. The molecule has 3 aromatic rings. The fourth-order valence-electron chi connectivity index (χ4n) is 6.69. The maximum absolute atomic E-state index is 13.4. The number of aryl methyl sites for hydroxylation is 1. The van der Waals surface area contributed by atoms with Gasteiger partial charge >= 0.3 is 5.97 Å². The Morgan fingerprint density at radius 1 is 0.979 bits per heavy atom. The van der Waals surface area contributed by atoms with E-state index in [2.05, 4.69) is 15.2 Å². The molecule has 11 heteroatoms. The first-order valence-electron chi connectivity index (χ1n) is 16.4. The lowest BCUT2D eigenvalue weighted by atomic mass is 9.69. The highest BCUT2D eigenvalue weighted by Crippen LogP contribution is 2.42. The second kappa shape index (κ2) is 16.9. The number of carbonyl (C=O) groups excluding carboxylic acids is 2. The van der Waals surface area contributed by atoms with Gasteiger partial charge in [0.15, 0.2) is 5.76 Å². The van der Waals surface area contributed by atoms with E-state index < -0.39 is 17.4 Å². The van der Waals surface area contributed by atoms with E-state index in [0.717, 1.165) is 94.7 Å². The Bertz CT molecular complexity index is 1470. The number of benzene rings is 1. The first kappa shape index (κ1) is 35.3. The zero-order valence-corrected chi connectivity index (χ0v) is 27.3. The summed E-state index contributed by atoms with van der Waals surface area (Å²) in [6, 6.07) is 15.2. The SMILES string of the molecule is CC(=O)O.Cc1ccc(N(C(=O)c2ccco2)C2CCN(CCc3ccccc3NC(=O)CC3(CC(=O)O)CCCCC3)CC2)nc1. The summed E-state index contributed by atoms with van der Waals surface area (Å²) in [5.74, 6) is -1.01. The minimum atomic E-state index is -0.833. The van der Waals surface area contributed by atoms with Crippen LogP contribution in [-0.4, -0.2) is 69.5 Å². The van der Waals surface area contributed by atoms with Gasteiger partial charge in [0.05, 0.1) is 12.7 Å². The molecule has 2 fully saturated rings. The summed E-state index contributed by atoms with van der Waals surface area (Å²) >= 11 is 0. The number of aromatic nitrogens is 1. The Morgan fingerprint density at radius 2 is 1.68 bits per heavy atom. The van der Waals surface area contributed by atoms with E-state index in [4.69, 9.17) is 14.3 Å². The second-order valence-corrected chi connectivity index (χ2v) is 12.7. The zero-order chi connectivity index (χ0) is 33.8. The van der Waals surface area contributed by atoms with Crippen molar-refractivity contribution in [2.75, 3.05) is 29.9 Å². The number of carbonyl (C=O) groups is 4. The van der Waals surface area contributed by atoms with Gasteiger partial charge in [0.25, 0.3) is 11.9 Å². The Balaban J connectivity index is 0.00000118. The molecular weight excluding hydrogens is 600 g/mol. The van der Waals surface area contributed by atoms with Crippen molar-refractivity contribution >= 4 is 35.3 Å². The Hall–Kier alpha value is -4.51. The standard InChI is InChI=1S/C34H42N4O5.C2H4O2/c1-25-11-12-30(35-24-25)38(33(42)29-10-7-21-43-29)27-14-19-37(20-15-27)18-13-26-8-3-4-9-28(26)36-31(39)22-34(23-32(40)41)16-5-2-6-17-34;1-2(3)4/h3-4,7-12,21,24,27H,2,5-6,13-20,22-23H2,1H3,(H,36,39)(H,40,41);1H3,(H,3,4). The van der Waals surface area contributed by atoms with E-state index in [-0.39, 0.29) is 30.7 Å². The van der Waals surface area contributed by atoms with Gasteiger partial charge in [-0.15, -0.1) is 0 Å². The van der Waals surface area contributed by atoms with Crippen LogP contribution in [-0.2, 0) is 20.8 Å². The van der Waals surface area contributed by atoms with E-state index >= 15 is 0 Å². The van der Waals surface area contributed by atoms with Gasteiger partial charge in [0.1, 0.15) is 5.82 Å². The fourth-order valence-corrected chi connectivity index (χ4v) is 6.69. The van der Waals surface area contributed by atoms with Crippen LogP contribution < -0.4 is 10.2 Å². The van der Waals surface area contributed by atoms with Crippen molar-refractivity contribution in [1.29, 1.82) is 0 Å². The van der Waals surface area contributed by atoms with Crippen LogP contribution in [0.4, 0.5) is 11.5 Å². The molecule has 1 aliphatic heterocycles. The number of hydrogen-bond donors (Lipinski definition) is 3. The molecule has 0 bridgehead atoms. The largest absolute Gasteiger partial charge is 0.481 e. The number of furan rings is 1. The molecule has 3 heterocycles. The number of pyridine rings is 1. The Morgan fingerprint density at radius 3 is 2.30 bits per heavy atom. The molecule has 11 nitrogen and oxygen atoms in total. The van der Waals surface area contributed by atoms with Gasteiger partial charge in [0, 0.05) is 50.9 Å². The van der Waals surface area contributed by atoms with Crippen LogP contribution in [0.15, 0.2) is 65.4 Å². The molecule has 2 amide bonds. The van der Waals surface area contributed by atoms with Crippen LogP contribution in [0.1, 0.15) is 86.4 Å². The van der Waals surface area contributed by atoms with Gasteiger partial charge in [0.2, 0.25) is 5.91 Å². The van der Waals surface area contributed by atoms with Gasteiger partial charge in [-0.3, -0.25) is 24.1 Å². The molecular formula is C36H46N4O7. The maximum atomic E-state index is 13.4. The summed E-state index contributed by atoms with van der Waals surface area (Å²) in [4.78, 5) is 55.9. The Kier molecular flexibility index (Phi) is 12.7. The molecule has 1 aromatic carbocycles. The van der Waals surface area contributed by atoms with Gasteiger partial charge in [-0.25, -0.2) is 4.98 Å². The topological polar surface area (TPSA) is 153 Å². The minimum Gasteiger partial charge on any atom is -0.481 e. The summed E-state index contributed by atoms with van der Waals surface area (Å²) < 4.78 is 5.44. The lowest BCUT2D eigenvalue weighted by Gasteiger charge is -2.37. The quantitative estimate of drug-likeness (QED) is 0.222. The van der Waals surface area contributed by atoms with Crippen molar-refractivity contribution < 1.29 is 33.8 Å². The molecule has 0 spiro atoms. The number of nitrogens with zero attached hydrogens (tertiary/aromatic N) is 3. The molecule has 0 atom stereocenters. The molecule has 5 rings (SSSR count). The first-order valence-corrected chi connectivity index (χ1v) is 16.4. The van der Waals surface area contributed by atoms with E-state index in [9.17, 15) is 19.5 Å².